The van der Waals surface area contributed by atoms with Crippen molar-refractivity contribution in [3.63, 3.8) is 0 Å². The summed E-state index contributed by atoms with van der Waals surface area (Å²) in [6.45, 7) is 0.723. The van der Waals surface area contributed by atoms with Gasteiger partial charge in [0, 0.05) is 31.1 Å². The first kappa shape index (κ1) is 21.8. The molecule has 1 aromatic carbocycles. The van der Waals surface area contributed by atoms with Crippen molar-refractivity contribution >= 4 is 17.7 Å². The number of hydrogen-bond acceptors (Lipinski definition) is 5. The van der Waals surface area contributed by atoms with Gasteiger partial charge in [0.1, 0.15) is 6.04 Å². The number of halogens is 3. The Morgan fingerprint density at radius 2 is 1.84 bits per heavy atom. The van der Waals surface area contributed by atoms with Gasteiger partial charge in [0.15, 0.2) is 0 Å². The number of rotatable bonds is 5. The summed E-state index contributed by atoms with van der Waals surface area (Å²) in [7, 11) is 0. The zero-order chi connectivity index (χ0) is 22.2. The number of nitrogens with one attached hydrogen (secondary N) is 2. The average Bonchev–Trinajstić information content (AvgIpc) is 3.03. The molecule has 1 unspecified atom stereocenters. The van der Waals surface area contributed by atoms with Gasteiger partial charge in [-0.25, -0.2) is 0 Å². The third-order valence-electron chi connectivity index (χ3n) is 6.19. The topological polar surface area (TPSA) is 81.8 Å². The quantitative estimate of drug-likeness (QED) is 0.682. The molecular formula is C21H25F3N4O3. The van der Waals surface area contributed by atoms with Gasteiger partial charge in [-0.3, -0.25) is 24.6 Å². The monoisotopic (exact) mass is 438 g/mol. The summed E-state index contributed by atoms with van der Waals surface area (Å²) in [5.74, 6) is -1.16. The largest absolute Gasteiger partial charge is 0.401 e. The Kier molecular flexibility index (Phi) is 6.02. The highest BCUT2D eigenvalue weighted by Gasteiger charge is 2.39. The van der Waals surface area contributed by atoms with E-state index >= 15 is 0 Å². The molecule has 3 amide bonds. The Labute approximate surface area is 177 Å². The molecule has 1 aromatic rings. The van der Waals surface area contributed by atoms with Crippen LogP contribution in [0.15, 0.2) is 18.2 Å². The van der Waals surface area contributed by atoms with E-state index in [9.17, 15) is 27.6 Å². The smallest absolute Gasteiger partial charge is 0.322 e. The minimum atomic E-state index is -4.31. The van der Waals surface area contributed by atoms with Crippen LogP contribution in [0.1, 0.15) is 47.2 Å². The second-order valence-electron chi connectivity index (χ2n) is 8.39. The molecule has 0 bridgehead atoms. The second-order valence-corrected chi connectivity index (χ2v) is 8.39. The summed E-state index contributed by atoms with van der Waals surface area (Å²) in [6.07, 6.45) is -2.58. The van der Waals surface area contributed by atoms with Gasteiger partial charge in [-0.05, 0) is 49.5 Å². The molecule has 2 N–H and O–H groups in total. The van der Waals surface area contributed by atoms with E-state index in [0.29, 0.717) is 37.1 Å². The van der Waals surface area contributed by atoms with Crippen molar-refractivity contribution in [2.24, 2.45) is 0 Å². The molecule has 0 spiro atoms. The van der Waals surface area contributed by atoms with Crippen LogP contribution < -0.4 is 10.6 Å². The van der Waals surface area contributed by atoms with Crippen LogP contribution in [0.5, 0.6) is 0 Å². The summed E-state index contributed by atoms with van der Waals surface area (Å²) >= 11 is 0. The number of carbonyl (C=O) groups excluding carboxylic acids is 3. The van der Waals surface area contributed by atoms with E-state index in [-0.39, 0.29) is 43.8 Å². The van der Waals surface area contributed by atoms with Gasteiger partial charge in [0.2, 0.25) is 11.8 Å². The highest BCUT2D eigenvalue weighted by Crippen LogP contribution is 2.29. The molecule has 0 aromatic heterocycles. The summed E-state index contributed by atoms with van der Waals surface area (Å²) in [5, 5.41) is 5.43. The van der Waals surface area contributed by atoms with Crippen LogP contribution in [0.3, 0.4) is 0 Å². The van der Waals surface area contributed by atoms with Gasteiger partial charge in [0.05, 0.1) is 6.54 Å². The maximum Gasteiger partial charge on any atom is 0.401 e. The summed E-state index contributed by atoms with van der Waals surface area (Å²) in [4.78, 5) is 39.4. The number of amides is 3. The van der Waals surface area contributed by atoms with Gasteiger partial charge < -0.3 is 10.2 Å². The Balaban J connectivity index is 1.51. The Hall–Kier alpha value is -2.46. The normalized spacial score (nSPS) is 22.8. The molecular weight excluding hydrogens is 413 g/mol. The molecule has 1 atom stereocenters. The second kappa shape index (κ2) is 8.58. The molecule has 2 fully saturated rings. The van der Waals surface area contributed by atoms with Crippen molar-refractivity contribution in [1.82, 2.24) is 20.4 Å². The van der Waals surface area contributed by atoms with Gasteiger partial charge in [0.25, 0.3) is 5.91 Å². The summed E-state index contributed by atoms with van der Waals surface area (Å²) in [6, 6.07) is 4.27. The molecule has 0 radical (unpaired) electrons. The number of imide groups is 1. The number of carbonyl (C=O) groups is 3. The van der Waals surface area contributed by atoms with Crippen LogP contribution in [0, 0.1) is 0 Å². The summed E-state index contributed by atoms with van der Waals surface area (Å²) in [5.41, 5.74) is 1.79. The molecule has 10 heteroatoms. The van der Waals surface area contributed by atoms with Crippen molar-refractivity contribution < 1.29 is 27.6 Å². The predicted octanol–water partition coefficient (Wildman–Crippen LogP) is 1.56. The lowest BCUT2D eigenvalue weighted by molar-refractivity contribution is -0.153. The molecule has 168 valence electrons. The first-order valence-electron chi connectivity index (χ1n) is 10.5. The highest BCUT2D eigenvalue weighted by molar-refractivity contribution is 6.05. The van der Waals surface area contributed by atoms with E-state index in [1.54, 1.807) is 18.2 Å². The van der Waals surface area contributed by atoms with Crippen LogP contribution in [-0.2, 0) is 22.7 Å². The van der Waals surface area contributed by atoms with Crippen molar-refractivity contribution in [2.45, 2.75) is 57.0 Å². The van der Waals surface area contributed by atoms with E-state index in [4.69, 9.17) is 0 Å². The maximum atomic E-state index is 13.2. The van der Waals surface area contributed by atoms with Gasteiger partial charge in [-0.2, -0.15) is 13.2 Å². The lowest BCUT2D eigenvalue weighted by Crippen LogP contribution is -2.52. The SMILES string of the molecule is O=C1CCC(N2Cc3ccc(CN(CC(F)(F)F)C4CCNCC4)cc3C2=O)C(=O)N1. The molecule has 0 aliphatic carbocycles. The lowest BCUT2D eigenvalue weighted by atomic mass is 10.0. The van der Waals surface area contributed by atoms with Gasteiger partial charge in [-0.1, -0.05) is 12.1 Å². The minimum Gasteiger partial charge on any atom is -0.322 e. The average molecular weight is 438 g/mol. The lowest BCUT2D eigenvalue weighted by Gasteiger charge is -2.35. The molecule has 31 heavy (non-hydrogen) atoms. The highest BCUT2D eigenvalue weighted by atomic mass is 19.4. The molecule has 3 heterocycles. The number of alkyl halides is 3. The molecule has 3 aliphatic heterocycles. The minimum absolute atomic E-state index is 0.100. The van der Waals surface area contributed by atoms with Crippen LogP contribution in [0.25, 0.3) is 0 Å². The molecule has 2 saturated heterocycles. The van der Waals surface area contributed by atoms with Crippen molar-refractivity contribution in [2.75, 3.05) is 19.6 Å². The molecule has 4 rings (SSSR count). The van der Waals surface area contributed by atoms with Crippen LogP contribution in [0.4, 0.5) is 13.2 Å². The van der Waals surface area contributed by atoms with E-state index in [2.05, 4.69) is 10.6 Å². The number of nitrogens with zero attached hydrogens (tertiary/aromatic N) is 2. The number of piperidine rings is 2. The maximum absolute atomic E-state index is 13.2. The van der Waals surface area contributed by atoms with Crippen LogP contribution >= 0.6 is 0 Å². The third-order valence-corrected chi connectivity index (χ3v) is 6.19. The zero-order valence-electron chi connectivity index (χ0n) is 17.0. The fraction of sp³-hybridized carbons (Fsp3) is 0.571. The molecule has 3 aliphatic rings. The fourth-order valence-electron chi connectivity index (χ4n) is 4.65. The number of fused-ring (bicyclic) bond motifs is 1. The Morgan fingerprint density at radius 1 is 1.10 bits per heavy atom. The molecule has 0 saturated carbocycles. The van der Waals surface area contributed by atoms with E-state index in [1.165, 1.54) is 9.80 Å². The standard InChI is InChI=1S/C21H25F3N4O3/c22-21(23,24)12-27(15-5-7-25-8-6-15)10-13-1-2-14-11-28(20(31)16(14)9-13)17-3-4-18(29)26-19(17)30/h1-2,9,15,17,25H,3-8,10-12H2,(H,26,29,30). The Bertz CT molecular complexity index is 883. The fourth-order valence-corrected chi connectivity index (χ4v) is 4.65. The first-order chi connectivity index (χ1) is 14.7. The van der Waals surface area contributed by atoms with E-state index in [0.717, 1.165) is 5.56 Å². The van der Waals surface area contributed by atoms with E-state index < -0.39 is 24.7 Å². The zero-order valence-corrected chi connectivity index (χ0v) is 17.0. The van der Waals surface area contributed by atoms with Crippen LogP contribution in [0.2, 0.25) is 0 Å². The Morgan fingerprint density at radius 3 is 2.52 bits per heavy atom. The van der Waals surface area contributed by atoms with Gasteiger partial charge in [-0.15, -0.1) is 0 Å². The van der Waals surface area contributed by atoms with E-state index in [1.807, 2.05) is 0 Å². The molecule has 7 nitrogen and oxygen atoms in total. The number of benzene rings is 1. The van der Waals surface area contributed by atoms with Crippen molar-refractivity contribution in [1.29, 1.82) is 0 Å². The van der Waals surface area contributed by atoms with Gasteiger partial charge >= 0.3 is 6.18 Å². The van der Waals surface area contributed by atoms with Crippen LogP contribution in [-0.4, -0.2) is 65.4 Å². The van der Waals surface area contributed by atoms with Crippen molar-refractivity contribution in [3.8, 4) is 0 Å². The third kappa shape index (κ3) is 4.90. The predicted molar refractivity (Wildman–Crippen MR) is 105 cm³/mol. The number of hydrogen-bond donors (Lipinski definition) is 2. The first-order valence-corrected chi connectivity index (χ1v) is 10.5. The summed E-state index contributed by atoms with van der Waals surface area (Å²) < 4.78 is 39.6. The van der Waals surface area contributed by atoms with Crippen molar-refractivity contribution in [3.05, 3.63) is 34.9 Å².